The second kappa shape index (κ2) is 9.13. The maximum Gasteiger partial charge on any atom is 0.255 e. The summed E-state index contributed by atoms with van der Waals surface area (Å²) in [5, 5.41) is 3.71. The fourth-order valence-electron chi connectivity index (χ4n) is 3.44. The molecule has 0 saturated carbocycles. The number of thiazole rings is 1. The predicted molar refractivity (Wildman–Crippen MR) is 118 cm³/mol. The average molecular weight is 425 g/mol. The van der Waals surface area contributed by atoms with E-state index in [0.29, 0.717) is 31.0 Å². The van der Waals surface area contributed by atoms with Crippen molar-refractivity contribution in [2.75, 3.05) is 44.2 Å². The molecule has 1 aliphatic rings. The molecule has 1 fully saturated rings. The maximum atomic E-state index is 12.6. The Balaban J connectivity index is 1.30. The number of nitrogens with zero attached hydrogens (tertiary/aromatic N) is 3. The van der Waals surface area contributed by atoms with E-state index in [4.69, 9.17) is 9.72 Å². The highest BCUT2D eigenvalue weighted by atomic mass is 32.1. The van der Waals surface area contributed by atoms with E-state index in [2.05, 4.69) is 16.3 Å². The molecule has 0 radical (unpaired) electrons. The average Bonchev–Trinajstić information content (AvgIpc) is 3.22. The number of nitrogens with one attached hydrogen (secondary N) is 1. The molecule has 1 saturated heterocycles. The highest BCUT2D eigenvalue weighted by Gasteiger charge is 2.23. The maximum absolute atomic E-state index is 12.6. The Bertz CT molecular complexity index is 1010. The summed E-state index contributed by atoms with van der Waals surface area (Å²) in [7, 11) is 0. The number of carbonyl (C=O) groups excluding carboxylic acids is 2. The number of anilines is 1. The van der Waals surface area contributed by atoms with Crippen molar-refractivity contribution in [1.29, 1.82) is 0 Å². The number of aromatic nitrogens is 1. The van der Waals surface area contributed by atoms with Crippen LogP contribution in [0.1, 0.15) is 17.3 Å². The van der Waals surface area contributed by atoms with Crippen LogP contribution >= 0.6 is 11.3 Å². The lowest BCUT2D eigenvalue weighted by atomic mass is 10.2. The van der Waals surface area contributed by atoms with E-state index in [-0.39, 0.29) is 18.4 Å². The van der Waals surface area contributed by atoms with Crippen LogP contribution in [0.4, 0.5) is 5.13 Å². The van der Waals surface area contributed by atoms with Crippen LogP contribution in [-0.2, 0) is 4.79 Å². The number of rotatable bonds is 6. The summed E-state index contributed by atoms with van der Waals surface area (Å²) in [5.74, 6) is 0.135. The van der Waals surface area contributed by atoms with Crippen molar-refractivity contribution in [3.63, 3.8) is 0 Å². The summed E-state index contributed by atoms with van der Waals surface area (Å²) in [6.45, 7) is 4.99. The van der Waals surface area contributed by atoms with Crippen molar-refractivity contribution in [1.82, 2.24) is 15.2 Å². The van der Waals surface area contributed by atoms with Crippen LogP contribution in [0, 0.1) is 0 Å². The molecular formula is C22H24N4O3S. The molecule has 1 N–H and O–H groups in total. The molecule has 1 aromatic heterocycles. The first-order chi connectivity index (χ1) is 14.7. The zero-order valence-electron chi connectivity index (χ0n) is 16.8. The lowest BCUT2D eigenvalue weighted by Crippen LogP contribution is -2.51. The van der Waals surface area contributed by atoms with E-state index in [0.717, 1.165) is 23.7 Å². The number of amides is 2. The predicted octanol–water partition coefficient (Wildman–Crippen LogP) is 2.77. The van der Waals surface area contributed by atoms with E-state index in [1.54, 1.807) is 34.4 Å². The van der Waals surface area contributed by atoms with Gasteiger partial charge in [-0.2, -0.15) is 0 Å². The highest BCUT2D eigenvalue weighted by Crippen LogP contribution is 2.29. The van der Waals surface area contributed by atoms with Gasteiger partial charge < -0.3 is 19.9 Å². The van der Waals surface area contributed by atoms with Gasteiger partial charge in [0.25, 0.3) is 5.91 Å². The van der Waals surface area contributed by atoms with Crippen LogP contribution < -0.4 is 15.0 Å². The number of hydrogen-bond acceptors (Lipinski definition) is 6. The third-order valence-corrected chi connectivity index (χ3v) is 6.11. The normalized spacial score (nSPS) is 14.0. The van der Waals surface area contributed by atoms with E-state index in [9.17, 15) is 9.59 Å². The van der Waals surface area contributed by atoms with E-state index >= 15 is 0 Å². The second-order valence-electron chi connectivity index (χ2n) is 6.94. The van der Waals surface area contributed by atoms with E-state index < -0.39 is 0 Å². The number of hydrogen-bond donors (Lipinski definition) is 1. The van der Waals surface area contributed by atoms with Gasteiger partial charge in [0.2, 0.25) is 5.91 Å². The standard InChI is InChI=1S/C22H24N4O3S/c1-2-29-18-9-5-3-7-16(18)21(28)23-15-20(27)25-11-13-26(14-12-25)22-24-17-8-4-6-10-19(17)30-22/h3-10H,2,11-15H2,1H3,(H,23,28). The fourth-order valence-corrected chi connectivity index (χ4v) is 4.46. The minimum Gasteiger partial charge on any atom is -0.493 e. The third kappa shape index (κ3) is 4.38. The van der Waals surface area contributed by atoms with Gasteiger partial charge in [-0.3, -0.25) is 9.59 Å². The second-order valence-corrected chi connectivity index (χ2v) is 7.95. The van der Waals surface area contributed by atoms with Gasteiger partial charge in [0.1, 0.15) is 5.75 Å². The van der Waals surface area contributed by atoms with Crippen LogP contribution in [0.3, 0.4) is 0 Å². The molecule has 2 heterocycles. The van der Waals surface area contributed by atoms with Gasteiger partial charge in [-0.25, -0.2) is 4.98 Å². The van der Waals surface area contributed by atoms with E-state index in [1.807, 2.05) is 31.2 Å². The Morgan fingerprint density at radius 2 is 1.80 bits per heavy atom. The molecule has 0 aliphatic carbocycles. The summed E-state index contributed by atoms with van der Waals surface area (Å²) < 4.78 is 6.66. The van der Waals surface area contributed by atoms with Crippen molar-refractivity contribution < 1.29 is 14.3 Å². The van der Waals surface area contributed by atoms with Crippen LogP contribution in [-0.4, -0.2) is 61.0 Å². The lowest BCUT2D eigenvalue weighted by Gasteiger charge is -2.34. The van der Waals surface area contributed by atoms with Crippen LogP contribution in [0.15, 0.2) is 48.5 Å². The number of para-hydroxylation sites is 2. The Morgan fingerprint density at radius 1 is 1.07 bits per heavy atom. The first-order valence-electron chi connectivity index (χ1n) is 10.0. The van der Waals surface area contributed by atoms with Gasteiger partial charge >= 0.3 is 0 Å². The van der Waals surface area contributed by atoms with Gasteiger partial charge in [-0.15, -0.1) is 0 Å². The fraction of sp³-hybridized carbons (Fsp3) is 0.318. The largest absolute Gasteiger partial charge is 0.493 e. The smallest absolute Gasteiger partial charge is 0.255 e. The van der Waals surface area contributed by atoms with Gasteiger partial charge in [-0.05, 0) is 31.2 Å². The number of benzene rings is 2. The molecule has 156 valence electrons. The Kier molecular flexibility index (Phi) is 6.13. The molecular weight excluding hydrogens is 400 g/mol. The number of ether oxygens (including phenoxy) is 1. The molecule has 30 heavy (non-hydrogen) atoms. The molecule has 2 aromatic carbocycles. The molecule has 0 bridgehead atoms. The zero-order valence-corrected chi connectivity index (χ0v) is 17.7. The molecule has 0 unspecified atom stereocenters. The lowest BCUT2D eigenvalue weighted by molar-refractivity contribution is -0.130. The zero-order chi connectivity index (χ0) is 20.9. The van der Waals surface area contributed by atoms with Crippen molar-refractivity contribution in [2.45, 2.75) is 6.92 Å². The van der Waals surface area contributed by atoms with Crippen molar-refractivity contribution in [3.8, 4) is 5.75 Å². The third-order valence-electron chi connectivity index (χ3n) is 5.02. The molecule has 8 heteroatoms. The number of carbonyl (C=O) groups is 2. The summed E-state index contributed by atoms with van der Waals surface area (Å²) in [6, 6.07) is 15.1. The molecule has 2 amide bonds. The molecule has 0 atom stereocenters. The minimum atomic E-state index is -0.305. The quantitative estimate of drug-likeness (QED) is 0.659. The number of fused-ring (bicyclic) bond motifs is 1. The van der Waals surface area contributed by atoms with Gasteiger partial charge in [0.05, 0.1) is 28.9 Å². The molecule has 3 aromatic rings. The summed E-state index contributed by atoms with van der Waals surface area (Å²) in [6.07, 6.45) is 0. The Morgan fingerprint density at radius 3 is 2.57 bits per heavy atom. The monoisotopic (exact) mass is 424 g/mol. The molecule has 1 aliphatic heterocycles. The van der Waals surface area contributed by atoms with Gasteiger partial charge in [0, 0.05) is 26.2 Å². The minimum absolute atomic E-state index is 0.0274. The summed E-state index contributed by atoms with van der Waals surface area (Å²) >= 11 is 1.67. The molecule has 7 nitrogen and oxygen atoms in total. The van der Waals surface area contributed by atoms with Gasteiger partial charge in [-0.1, -0.05) is 35.6 Å². The van der Waals surface area contributed by atoms with Crippen molar-refractivity contribution >= 4 is 38.5 Å². The van der Waals surface area contributed by atoms with Crippen molar-refractivity contribution in [3.05, 3.63) is 54.1 Å². The van der Waals surface area contributed by atoms with E-state index in [1.165, 1.54) is 4.70 Å². The van der Waals surface area contributed by atoms with Crippen LogP contribution in [0.5, 0.6) is 5.75 Å². The summed E-state index contributed by atoms with van der Waals surface area (Å²) in [5.41, 5.74) is 1.44. The molecule has 0 spiro atoms. The number of piperazine rings is 1. The van der Waals surface area contributed by atoms with Gasteiger partial charge in [0.15, 0.2) is 5.13 Å². The van der Waals surface area contributed by atoms with Crippen LogP contribution in [0.25, 0.3) is 10.2 Å². The molecule has 4 rings (SSSR count). The first kappa shape index (κ1) is 20.2. The summed E-state index contributed by atoms with van der Waals surface area (Å²) in [4.78, 5) is 33.7. The SMILES string of the molecule is CCOc1ccccc1C(=O)NCC(=O)N1CCN(c2nc3ccccc3s2)CC1. The van der Waals surface area contributed by atoms with Crippen LogP contribution in [0.2, 0.25) is 0 Å². The highest BCUT2D eigenvalue weighted by molar-refractivity contribution is 7.22. The van der Waals surface area contributed by atoms with Crippen molar-refractivity contribution in [2.24, 2.45) is 0 Å². The topological polar surface area (TPSA) is 74.8 Å². The Hall–Kier alpha value is -3.13. The first-order valence-corrected chi connectivity index (χ1v) is 10.9. The Labute approximate surface area is 179 Å².